The molecule has 0 spiro atoms. The van der Waals surface area contributed by atoms with Crippen LogP contribution in [0.25, 0.3) is 0 Å². The first-order chi connectivity index (χ1) is 8.08. The Morgan fingerprint density at radius 3 is 2.94 bits per heavy atom. The van der Waals surface area contributed by atoms with Crippen LogP contribution in [0.2, 0.25) is 0 Å². The van der Waals surface area contributed by atoms with Crippen LogP contribution in [-0.4, -0.2) is 15.6 Å². The zero-order valence-electron chi connectivity index (χ0n) is 8.92. The number of thiazole rings is 1. The molecule has 1 heterocycles. The number of carbonyl (C=O) groups is 1. The van der Waals surface area contributed by atoms with Gasteiger partial charge in [0.2, 0.25) is 0 Å². The molecule has 2 rings (SSSR count). The van der Waals surface area contributed by atoms with Crippen molar-refractivity contribution in [2.24, 2.45) is 12.0 Å². The van der Waals surface area contributed by atoms with Crippen LogP contribution >= 0.6 is 27.3 Å². The van der Waals surface area contributed by atoms with E-state index in [1.165, 1.54) is 17.4 Å². The summed E-state index contributed by atoms with van der Waals surface area (Å²) in [5.74, 6) is -0.525. The first-order valence-electron chi connectivity index (χ1n) is 4.75. The normalized spacial score (nSPS) is 11.8. The highest BCUT2D eigenvalue weighted by Gasteiger charge is 2.10. The van der Waals surface area contributed by atoms with E-state index in [2.05, 4.69) is 20.9 Å². The molecule has 0 bridgehead atoms. The second-order valence-corrected chi connectivity index (χ2v) is 5.16. The van der Waals surface area contributed by atoms with Crippen molar-refractivity contribution < 1.29 is 9.90 Å². The molecule has 88 valence electrons. The van der Waals surface area contributed by atoms with Gasteiger partial charge in [-0.25, -0.2) is 0 Å². The molecule has 0 saturated carbocycles. The highest BCUT2D eigenvalue weighted by Crippen LogP contribution is 2.22. The first-order valence-corrected chi connectivity index (χ1v) is 6.43. The SMILES string of the molecule is Cn1ccsc1=NC(=O)c1cc(Br)ccc1O. The number of aromatic nitrogens is 1. The summed E-state index contributed by atoms with van der Waals surface area (Å²) in [5, 5.41) is 11.4. The van der Waals surface area contributed by atoms with Gasteiger partial charge in [0.15, 0.2) is 4.80 Å². The molecule has 1 aromatic heterocycles. The van der Waals surface area contributed by atoms with Gasteiger partial charge >= 0.3 is 0 Å². The Morgan fingerprint density at radius 2 is 2.29 bits per heavy atom. The number of phenols is 1. The van der Waals surface area contributed by atoms with Crippen molar-refractivity contribution in [1.29, 1.82) is 0 Å². The van der Waals surface area contributed by atoms with Crippen LogP contribution in [0.5, 0.6) is 5.75 Å². The van der Waals surface area contributed by atoms with E-state index < -0.39 is 5.91 Å². The van der Waals surface area contributed by atoms with Crippen molar-refractivity contribution >= 4 is 33.2 Å². The lowest BCUT2D eigenvalue weighted by atomic mass is 10.2. The minimum atomic E-state index is -0.457. The summed E-state index contributed by atoms with van der Waals surface area (Å²) < 4.78 is 2.47. The van der Waals surface area contributed by atoms with Gasteiger partial charge in [-0.1, -0.05) is 15.9 Å². The predicted octanol–water partition coefficient (Wildman–Crippen LogP) is 2.30. The number of rotatable bonds is 1. The van der Waals surface area contributed by atoms with Crippen LogP contribution < -0.4 is 4.80 Å². The van der Waals surface area contributed by atoms with E-state index in [0.717, 1.165) is 4.47 Å². The lowest BCUT2D eigenvalue weighted by molar-refractivity contribution is 0.0995. The molecule has 0 saturated heterocycles. The van der Waals surface area contributed by atoms with Gasteiger partial charge in [-0.3, -0.25) is 4.79 Å². The Balaban J connectivity index is 2.46. The van der Waals surface area contributed by atoms with E-state index in [-0.39, 0.29) is 11.3 Å². The zero-order valence-corrected chi connectivity index (χ0v) is 11.3. The van der Waals surface area contributed by atoms with Crippen LogP contribution in [0.4, 0.5) is 0 Å². The van der Waals surface area contributed by atoms with Crippen molar-refractivity contribution in [2.45, 2.75) is 0 Å². The predicted molar refractivity (Wildman–Crippen MR) is 69.0 cm³/mol. The molecule has 0 aliphatic carbocycles. The molecule has 1 N–H and O–H groups in total. The summed E-state index contributed by atoms with van der Waals surface area (Å²) in [5.41, 5.74) is 0.188. The Morgan fingerprint density at radius 1 is 1.53 bits per heavy atom. The highest BCUT2D eigenvalue weighted by atomic mass is 79.9. The Bertz CT molecular complexity index is 630. The number of carbonyl (C=O) groups excluding carboxylic acids is 1. The molecule has 2 aromatic rings. The third kappa shape index (κ3) is 2.65. The second-order valence-electron chi connectivity index (χ2n) is 3.37. The van der Waals surface area contributed by atoms with Crippen molar-refractivity contribution in [3.8, 4) is 5.75 Å². The van der Waals surface area contributed by atoms with Crippen LogP contribution in [0.3, 0.4) is 0 Å². The fraction of sp³-hybridized carbons (Fsp3) is 0.0909. The molecule has 0 radical (unpaired) electrons. The number of benzene rings is 1. The molecule has 4 nitrogen and oxygen atoms in total. The summed E-state index contributed by atoms with van der Waals surface area (Å²) in [7, 11) is 1.81. The minimum absolute atomic E-state index is 0.0684. The van der Waals surface area contributed by atoms with Gasteiger partial charge in [0, 0.05) is 23.1 Å². The number of nitrogens with zero attached hydrogens (tertiary/aromatic N) is 2. The molecule has 1 aromatic carbocycles. The average Bonchev–Trinajstić information content (AvgIpc) is 2.68. The molecular formula is C11H9BrN2O2S. The Kier molecular flexibility index (Phi) is 3.44. The lowest BCUT2D eigenvalue weighted by Crippen LogP contribution is -2.12. The van der Waals surface area contributed by atoms with E-state index in [9.17, 15) is 9.90 Å². The Labute approximate surface area is 110 Å². The van der Waals surface area contributed by atoms with Crippen molar-refractivity contribution in [3.63, 3.8) is 0 Å². The molecule has 0 unspecified atom stereocenters. The van der Waals surface area contributed by atoms with Gasteiger partial charge in [-0.05, 0) is 18.2 Å². The lowest BCUT2D eigenvalue weighted by Gasteiger charge is -2.00. The third-order valence-corrected chi connectivity index (χ3v) is 3.49. The zero-order chi connectivity index (χ0) is 12.4. The van der Waals surface area contributed by atoms with Crippen molar-refractivity contribution in [2.75, 3.05) is 0 Å². The van der Waals surface area contributed by atoms with Gasteiger partial charge in [0.1, 0.15) is 5.75 Å². The standard InChI is InChI=1S/C11H9BrN2O2S/c1-14-4-5-17-11(14)13-10(16)8-6-7(12)2-3-9(8)15/h2-6,15H,1H3. The van der Waals surface area contributed by atoms with Crippen LogP contribution in [0.1, 0.15) is 10.4 Å². The molecule has 17 heavy (non-hydrogen) atoms. The van der Waals surface area contributed by atoms with E-state index >= 15 is 0 Å². The number of halogens is 1. The van der Waals surface area contributed by atoms with E-state index in [4.69, 9.17) is 0 Å². The number of aryl methyl sites for hydroxylation is 1. The molecule has 6 heteroatoms. The molecule has 1 amide bonds. The minimum Gasteiger partial charge on any atom is -0.507 e. The van der Waals surface area contributed by atoms with Gasteiger partial charge in [-0.15, -0.1) is 11.3 Å². The van der Waals surface area contributed by atoms with Crippen LogP contribution in [-0.2, 0) is 7.05 Å². The van der Waals surface area contributed by atoms with E-state index in [1.807, 2.05) is 18.6 Å². The molecule has 0 fully saturated rings. The molecule has 0 aliphatic rings. The second kappa shape index (κ2) is 4.85. The third-order valence-electron chi connectivity index (χ3n) is 2.15. The molecule has 0 aliphatic heterocycles. The fourth-order valence-corrected chi connectivity index (χ4v) is 2.35. The maximum Gasteiger partial charge on any atom is 0.283 e. The number of amides is 1. The largest absolute Gasteiger partial charge is 0.507 e. The maximum atomic E-state index is 11.9. The number of hydrogen-bond donors (Lipinski definition) is 1. The number of phenolic OH excluding ortho intramolecular Hbond substituents is 1. The summed E-state index contributed by atoms with van der Waals surface area (Å²) in [6.07, 6.45) is 1.82. The summed E-state index contributed by atoms with van der Waals surface area (Å²) in [6, 6.07) is 4.67. The van der Waals surface area contributed by atoms with Gasteiger partial charge in [0.05, 0.1) is 5.56 Å². The Hall–Kier alpha value is -1.40. The first kappa shape index (κ1) is 12.1. The quantitative estimate of drug-likeness (QED) is 0.878. The van der Waals surface area contributed by atoms with Gasteiger partial charge < -0.3 is 9.67 Å². The topological polar surface area (TPSA) is 54.6 Å². The maximum absolute atomic E-state index is 11.9. The number of hydrogen-bond acceptors (Lipinski definition) is 3. The highest BCUT2D eigenvalue weighted by molar-refractivity contribution is 9.10. The van der Waals surface area contributed by atoms with Crippen LogP contribution in [0, 0.1) is 0 Å². The van der Waals surface area contributed by atoms with Gasteiger partial charge in [-0.2, -0.15) is 4.99 Å². The van der Waals surface area contributed by atoms with Crippen molar-refractivity contribution in [1.82, 2.24) is 4.57 Å². The average molecular weight is 313 g/mol. The summed E-state index contributed by atoms with van der Waals surface area (Å²) >= 11 is 4.61. The smallest absolute Gasteiger partial charge is 0.283 e. The monoisotopic (exact) mass is 312 g/mol. The van der Waals surface area contributed by atoms with Gasteiger partial charge in [0.25, 0.3) is 5.91 Å². The fourth-order valence-electron chi connectivity index (χ4n) is 1.26. The summed E-state index contributed by atoms with van der Waals surface area (Å²) in [4.78, 5) is 16.4. The van der Waals surface area contributed by atoms with E-state index in [0.29, 0.717) is 4.80 Å². The molecule has 0 atom stereocenters. The summed E-state index contributed by atoms with van der Waals surface area (Å²) in [6.45, 7) is 0. The van der Waals surface area contributed by atoms with Crippen LogP contribution in [0.15, 0.2) is 39.2 Å². The number of aromatic hydroxyl groups is 1. The molecular weight excluding hydrogens is 304 g/mol. The van der Waals surface area contributed by atoms with E-state index in [1.54, 1.807) is 16.7 Å². The van der Waals surface area contributed by atoms with Crippen molar-refractivity contribution in [3.05, 3.63) is 44.6 Å².